The van der Waals surface area contributed by atoms with E-state index in [1.165, 1.54) is 11.8 Å². The van der Waals surface area contributed by atoms with Crippen LogP contribution < -0.4 is 0 Å². The lowest BCUT2D eigenvalue weighted by Gasteiger charge is -2.41. The van der Waals surface area contributed by atoms with E-state index in [0.29, 0.717) is 5.75 Å². The number of hydrogen-bond donors (Lipinski definition) is 1. The second-order valence-corrected chi connectivity index (χ2v) is 4.91. The van der Waals surface area contributed by atoms with Crippen molar-refractivity contribution in [2.45, 2.75) is 18.1 Å². The molecule has 0 bridgehead atoms. The summed E-state index contributed by atoms with van der Waals surface area (Å²) in [4.78, 5) is 27.2. The highest BCUT2D eigenvalue weighted by atomic mass is 32.2. The van der Waals surface area contributed by atoms with E-state index in [-0.39, 0.29) is 17.2 Å². The molecule has 1 aliphatic rings. The minimum absolute atomic E-state index is 0.236. The molecule has 0 aliphatic carbocycles. The molecule has 2 amide bonds. The molecule has 1 saturated heterocycles. The average Bonchev–Trinajstić information content (AvgIpc) is 2.33. The number of aromatic nitrogens is 1. The number of likely N-dealkylation sites (tertiary alicyclic amines) is 1. The van der Waals surface area contributed by atoms with Gasteiger partial charge in [0.1, 0.15) is 5.37 Å². The predicted octanol–water partition coefficient (Wildman–Crippen LogP) is 1.80. The van der Waals surface area contributed by atoms with E-state index in [1.807, 2.05) is 18.2 Å². The molecule has 1 unspecified atom stereocenters. The Morgan fingerprint density at radius 2 is 2.35 bits per heavy atom. The summed E-state index contributed by atoms with van der Waals surface area (Å²) in [7, 11) is 0. The maximum Gasteiger partial charge on any atom is 0.415 e. The van der Waals surface area contributed by atoms with Crippen LogP contribution in [-0.4, -0.2) is 32.4 Å². The zero-order valence-corrected chi connectivity index (χ0v) is 10.1. The minimum Gasteiger partial charge on any atom is -0.465 e. The smallest absolute Gasteiger partial charge is 0.415 e. The number of β-lactam (4-membered cyclic amide) rings is 1. The zero-order valence-electron chi connectivity index (χ0n) is 9.24. The second-order valence-electron chi connectivity index (χ2n) is 3.80. The molecule has 2 atom stereocenters. The molecule has 0 saturated carbocycles. The Labute approximate surface area is 103 Å². The number of amides is 2. The Balaban J connectivity index is 1.95. The van der Waals surface area contributed by atoms with Gasteiger partial charge in [0.15, 0.2) is 0 Å². The number of carboxylic acid groups (broad SMARTS) is 1. The first-order chi connectivity index (χ1) is 8.11. The van der Waals surface area contributed by atoms with Crippen LogP contribution in [0, 0.1) is 5.92 Å². The van der Waals surface area contributed by atoms with Crippen LogP contribution in [0.1, 0.15) is 12.6 Å². The Hall–Kier alpha value is -1.56. The number of thioether (sulfide) groups is 1. The molecule has 5 nitrogen and oxygen atoms in total. The lowest BCUT2D eigenvalue weighted by Crippen LogP contribution is -2.60. The van der Waals surface area contributed by atoms with Gasteiger partial charge in [-0.3, -0.25) is 9.78 Å². The van der Waals surface area contributed by atoms with Crippen molar-refractivity contribution >= 4 is 23.8 Å². The fraction of sp³-hybridized carbons (Fsp3) is 0.364. The monoisotopic (exact) mass is 252 g/mol. The Kier molecular flexibility index (Phi) is 3.33. The van der Waals surface area contributed by atoms with Crippen LogP contribution in [0.15, 0.2) is 24.4 Å². The van der Waals surface area contributed by atoms with E-state index in [9.17, 15) is 9.59 Å². The fourth-order valence-corrected chi connectivity index (χ4v) is 2.94. The minimum atomic E-state index is -1.17. The van der Waals surface area contributed by atoms with Crippen LogP contribution in [0.3, 0.4) is 0 Å². The van der Waals surface area contributed by atoms with Gasteiger partial charge in [-0.1, -0.05) is 13.0 Å². The maximum absolute atomic E-state index is 11.3. The summed E-state index contributed by atoms with van der Waals surface area (Å²) in [6.07, 6.45) is 0.520. The van der Waals surface area contributed by atoms with Crippen molar-refractivity contribution < 1.29 is 14.7 Å². The van der Waals surface area contributed by atoms with E-state index >= 15 is 0 Å². The topological polar surface area (TPSA) is 70.5 Å². The van der Waals surface area contributed by atoms with Gasteiger partial charge in [-0.05, 0) is 12.1 Å². The van der Waals surface area contributed by atoms with E-state index in [2.05, 4.69) is 4.98 Å². The highest BCUT2D eigenvalue weighted by Crippen LogP contribution is 2.36. The highest BCUT2D eigenvalue weighted by Gasteiger charge is 2.48. The first-order valence-electron chi connectivity index (χ1n) is 5.19. The summed E-state index contributed by atoms with van der Waals surface area (Å²) in [5.74, 6) is 0.0447. The summed E-state index contributed by atoms with van der Waals surface area (Å²) in [5.41, 5.74) is 0.884. The summed E-state index contributed by atoms with van der Waals surface area (Å²) in [5, 5.41) is 8.58. The van der Waals surface area contributed by atoms with Crippen molar-refractivity contribution in [1.29, 1.82) is 0 Å². The van der Waals surface area contributed by atoms with Gasteiger partial charge in [0.25, 0.3) is 0 Å². The average molecular weight is 252 g/mol. The number of imide groups is 1. The number of carbonyl (C=O) groups is 2. The van der Waals surface area contributed by atoms with Gasteiger partial charge in [-0.25, -0.2) is 9.69 Å². The summed E-state index contributed by atoms with van der Waals surface area (Å²) in [6, 6.07) is 5.59. The molecule has 1 aromatic rings. The number of carbonyl (C=O) groups excluding carboxylic acids is 1. The third-order valence-electron chi connectivity index (χ3n) is 2.64. The quantitative estimate of drug-likeness (QED) is 0.830. The molecule has 17 heavy (non-hydrogen) atoms. The van der Waals surface area contributed by atoms with Crippen molar-refractivity contribution in [3.05, 3.63) is 30.1 Å². The van der Waals surface area contributed by atoms with E-state index in [4.69, 9.17) is 5.11 Å². The lowest BCUT2D eigenvalue weighted by atomic mass is 10.0. The molecule has 1 N–H and O–H groups in total. The van der Waals surface area contributed by atoms with E-state index in [1.54, 1.807) is 13.1 Å². The van der Waals surface area contributed by atoms with Crippen LogP contribution in [0.2, 0.25) is 0 Å². The van der Waals surface area contributed by atoms with Crippen LogP contribution in [0.25, 0.3) is 0 Å². The van der Waals surface area contributed by atoms with Crippen molar-refractivity contribution in [2.24, 2.45) is 5.92 Å². The highest BCUT2D eigenvalue weighted by molar-refractivity contribution is 7.99. The van der Waals surface area contributed by atoms with Gasteiger partial charge in [-0.15, -0.1) is 11.8 Å². The van der Waals surface area contributed by atoms with Gasteiger partial charge < -0.3 is 5.11 Å². The molecule has 2 rings (SSSR count). The fourth-order valence-electron chi connectivity index (χ4n) is 1.68. The molecule has 2 heterocycles. The van der Waals surface area contributed by atoms with Crippen LogP contribution in [0.4, 0.5) is 4.79 Å². The van der Waals surface area contributed by atoms with Crippen LogP contribution in [-0.2, 0) is 10.5 Å². The third kappa shape index (κ3) is 2.26. The number of pyridine rings is 1. The largest absolute Gasteiger partial charge is 0.465 e. The predicted molar refractivity (Wildman–Crippen MR) is 63.4 cm³/mol. The second kappa shape index (κ2) is 4.75. The molecule has 1 fully saturated rings. The summed E-state index contributed by atoms with van der Waals surface area (Å²) >= 11 is 1.43. The number of nitrogens with zero attached hydrogens (tertiary/aromatic N) is 2. The van der Waals surface area contributed by atoms with Gasteiger partial charge in [0.2, 0.25) is 5.91 Å². The van der Waals surface area contributed by atoms with Gasteiger partial charge in [0.05, 0.1) is 11.6 Å². The first-order valence-corrected chi connectivity index (χ1v) is 6.23. The van der Waals surface area contributed by atoms with E-state index in [0.717, 1.165) is 10.6 Å². The molecule has 90 valence electrons. The Bertz CT molecular complexity index is 438. The molecule has 1 aromatic heterocycles. The number of rotatable bonds is 3. The molecule has 1 aliphatic heterocycles. The number of hydrogen-bond acceptors (Lipinski definition) is 4. The maximum atomic E-state index is 11.3. The van der Waals surface area contributed by atoms with E-state index < -0.39 is 6.09 Å². The summed E-state index contributed by atoms with van der Waals surface area (Å²) < 4.78 is 0. The molecular weight excluding hydrogens is 240 g/mol. The van der Waals surface area contributed by atoms with Crippen molar-refractivity contribution in [3.63, 3.8) is 0 Å². The molecule has 0 spiro atoms. The molecule has 6 heteroatoms. The van der Waals surface area contributed by atoms with Gasteiger partial charge >= 0.3 is 6.09 Å². The Morgan fingerprint density at radius 1 is 1.59 bits per heavy atom. The van der Waals surface area contributed by atoms with Crippen LogP contribution in [0.5, 0.6) is 0 Å². The first kappa shape index (κ1) is 11.9. The van der Waals surface area contributed by atoms with Crippen molar-refractivity contribution in [2.75, 3.05) is 0 Å². The molecule has 0 aromatic carbocycles. The van der Waals surface area contributed by atoms with Crippen molar-refractivity contribution in [1.82, 2.24) is 9.88 Å². The normalized spacial score (nSPS) is 23.4. The van der Waals surface area contributed by atoms with Crippen LogP contribution >= 0.6 is 11.8 Å². The van der Waals surface area contributed by atoms with Gasteiger partial charge in [-0.2, -0.15) is 0 Å². The Morgan fingerprint density at radius 3 is 2.94 bits per heavy atom. The molecular formula is C11H12N2O3S. The third-order valence-corrected chi connectivity index (χ3v) is 4.07. The van der Waals surface area contributed by atoms with Gasteiger partial charge in [0, 0.05) is 11.9 Å². The SMILES string of the molecule is CC1C(=O)N(C(=O)O)[C@H]1SCc1ccccn1. The van der Waals surface area contributed by atoms with Crippen molar-refractivity contribution in [3.8, 4) is 0 Å². The summed E-state index contributed by atoms with van der Waals surface area (Å²) in [6.45, 7) is 1.75. The lowest BCUT2D eigenvalue weighted by molar-refractivity contribution is -0.145. The standard InChI is InChI=1S/C11H12N2O3S/c1-7-9(14)13(11(15)16)10(7)17-6-8-4-2-3-5-12-8/h2-5,7,10H,6H2,1H3,(H,15,16)/t7?,10-/m0/s1. The zero-order chi connectivity index (χ0) is 12.4. The molecule has 0 radical (unpaired) electrons.